The van der Waals surface area contributed by atoms with Crippen LogP contribution in [0.3, 0.4) is 0 Å². The van der Waals surface area contributed by atoms with Gasteiger partial charge >= 0.3 is 0 Å². The van der Waals surface area contributed by atoms with E-state index in [1.54, 1.807) is 18.2 Å². The Labute approximate surface area is 194 Å². The third-order valence-corrected chi connectivity index (χ3v) is 5.77. The molecule has 0 spiro atoms. The minimum atomic E-state index is -0.645. The van der Waals surface area contributed by atoms with E-state index in [2.05, 4.69) is 5.32 Å². The molecule has 0 aliphatic heterocycles. The SMILES string of the molecule is CCC(C)NC(=O)C(CC)N(Cc1ccc(Cl)cc1Cl)C(=O)COc1ccccc1C. The van der Waals surface area contributed by atoms with Crippen molar-refractivity contribution >= 4 is 35.0 Å². The van der Waals surface area contributed by atoms with Gasteiger partial charge in [-0.15, -0.1) is 0 Å². The number of benzene rings is 2. The Bertz CT molecular complexity index is 904. The Morgan fingerprint density at radius 3 is 2.42 bits per heavy atom. The summed E-state index contributed by atoms with van der Waals surface area (Å²) < 4.78 is 5.77. The number of amides is 2. The largest absolute Gasteiger partial charge is 0.484 e. The van der Waals surface area contributed by atoms with Gasteiger partial charge in [0, 0.05) is 22.6 Å². The average Bonchev–Trinajstić information content (AvgIpc) is 2.74. The van der Waals surface area contributed by atoms with E-state index in [1.807, 2.05) is 52.0 Å². The van der Waals surface area contributed by atoms with E-state index < -0.39 is 6.04 Å². The number of aryl methyl sites for hydroxylation is 1. The summed E-state index contributed by atoms with van der Waals surface area (Å²) in [6.07, 6.45) is 1.26. The molecule has 0 heterocycles. The first-order chi connectivity index (χ1) is 14.8. The number of carbonyl (C=O) groups excluding carboxylic acids is 2. The molecule has 2 aromatic rings. The molecule has 2 amide bonds. The van der Waals surface area contributed by atoms with Crippen molar-refractivity contribution in [3.05, 3.63) is 63.6 Å². The number of carbonyl (C=O) groups is 2. The van der Waals surface area contributed by atoms with Crippen molar-refractivity contribution in [3.8, 4) is 5.75 Å². The number of nitrogens with one attached hydrogen (secondary N) is 1. The lowest BCUT2D eigenvalue weighted by Crippen LogP contribution is -2.51. The summed E-state index contributed by atoms with van der Waals surface area (Å²) in [6.45, 7) is 7.74. The molecule has 2 rings (SSSR count). The molecule has 0 saturated carbocycles. The first-order valence-electron chi connectivity index (χ1n) is 10.5. The third-order valence-electron chi connectivity index (χ3n) is 5.19. The van der Waals surface area contributed by atoms with Crippen LogP contribution in [0.4, 0.5) is 0 Å². The van der Waals surface area contributed by atoms with Gasteiger partial charge in [-0.05, 0) is 56.0 Å². The van der Waals surface area contributed by atoms with Gasteiger partial charge in [0.2, 0.25) is 5.91 Å². The quantitative estimate of drug-likeness (QED) is 0.511. The normalized spacial score (nSPS) is 12.7. The molecule has 0 aromatic heterocycles. The molecule has 1 N–H and O–H groups in total. The second kappa shape index (κ2) is 12.0. The van der Waals surface area contributed by atoms with Crippen molar-refractivity contribution in [2.75, 3.05) is 6.61 Å². The van der Waals surface area contributed by atoms with Crippen LogP contribution in [0.1, 0.15) is 44.7 Å². The maximum Gasteiger partial charge on any atom is 0.261 e. The average molecular weight is 465 g/mol. The van der Waals surface area contributed by atoms with Crippen LogP contribution in [-0.4, -0.2) is 35.4 Å². The minimum absolute atomic E-state index is 0.0147. The van der Waals surface area contributed by atoms with Gasteiger partial charge in [0.15, 0.2) is 6.61 Å². The molecule has 168 valence electrons. The number of ether oxygens (including phenoxy) is 1. The molecule has 5 nitrogen and oxygen atoms in total. The van der Waals surface area contributed by atoms with Crippen LogP contribution < -0.4 is 10.1 Å². The summed E-state index contributed by atoms with van der Waals surface area (Å²) in [7, 11) is 0. The number of hydrogen-bond acceptors (Lipinski definition) is 3. The Kier molecular flexibility index (Phi) is 9.66. The summed E-state index contributed by atoms with van der Waals surface area (Å²) in [5.74, 6) is 0.157. The zero-order chi connectivity index (χ0) is 23.0. The third kappa shape index (κ3) is 7.15. The maximum absolute atomic E-state index is 13.2. The number of nitrogens with zero attached hydrogens (tertiary/aromatic N) is 1. The second-order valence-electron chi connectivity index (χ2n) is 7.55. The van der Waals surface area contributed by atoms with E-state index in [0.717, 1.165) is 12.0 Å². The van der Waals surface area contributed by atoms with Crippen molar-refractivity contribution in [2.24, 2.45) is 0 Å². The van der Waals surface area contributed by atoms with Crippen LogP contribution in [-0.2, 0) is 16.1 Å². The molecule has 0 radical (unpaired) electrons. The molecule has 2 aromatic carbocycles. The zero-order valence-corrected chi connectivity index (χ0v) is 20.0. The van der Waals surface area contributed by atoms with Crippen LogP contribution in [0.2, 0.25) is 10.0 Å². The highest BCUT2D eigenvalue weighted by molar-refractivity contribution is 6.35. The predicted molar refractivity (Wildman–Crippen MR) is 126 cm³/mol. The van der Waals surface area contributed by atoms with E-state index in [-0.39, 0.29) is 31.0 Å². The molecule has 0 aliphatic rings. The minimum Gasteiger partial charge on any atom is -0.484 e. The predicted octanol–water partition coefficient (Wildman–Crippen LogP) is 5.40. The zero-order valence-electron chi connectivity index (χ0n) is 18.5. The van der Waals surface area contributed by atoms with Crippen LogP contribution in [0, 0.1) is 6.92 Å². The van der Waals surface area contributed by atoms with Crippen molar-refractivity contribution < 1.29 is 14.3 Å². The van der Waals surface area contributed by atoms with Crippen LogP contribution >= 0.6 is 23.2 Å². The highest BCUT2D eigenvalue weighted by atomic mass is 35.5. The van der Waals surface area contributed by atoms with Gasteiger partial charge in [0.1, 0.15) is 11.8 Å². The molecular weight excluding hydrogens is 435 g/mol. The summed E-state index contributed by atoms with van der Waals surface area (Å²) in [4.78, 5) is 27.7. The van der Waals surface area contributed by atoms with Gasteiger partial charge in [0.05, 0.1) is 0 Å². The van der Waals surface area contributed by atoms with Gasteiger partial charge < -0.3 is 15.0 Å². The highest BCUT2D eigenvalue weighted by Gasteiger charge is 2.30. The van der Waals surface area contributed by atoms with Gasteiger partial charge in [-0.25, -0.2) is 0 Å². The first kappa shape index (κ1) is 25.0. The monoisotopic (exact) mass is 464 g/mol. The molecule has 0 aliphatic carbocycles. The van der Waals surface area contributed by atoms with Crippen molar-refractivity contribution in [3.63, 3.8) is 0 Å². The van der Waals surface area contributed by atoms with Crippen LogP contribution in [0.25, 0.3) is 0 Å². The number of rotatable bonds is 10. The Morgan fingerprint density at radius 2 is 1.81 bits per heavy atom. The summed E-state index contributed by atoms with van der Waals surface area (Å²) in [5, 5.41) is 3.94. The standard InChI is InChI=1S/C24H30Cl2N2O3/c1-5-17(4)27-24(30)21(6-2)28(14-18-11-12-19(25)13-20(18)26)23(29)15-31-22-10-8-7-9-16(22)3/h7-13,17,21H,5-6,14-15H2,1-4H3,(H,27,30). The topological polar surface area (TPSA) is 58.6 Å². The highest BCUT2D eigenvalue weighted by Crippen LogP contribution is 2.24. The van der Waals surface area contributed by atoms with E-state index in [1.165, 1.54) is 4.90 Å². The van der Waals surface area contributed by atoms with Crippen molar-refractivity contribution in [1.82, 2.24) is 10.2 Å². The lowest BCUT2D eigenvalue weighted by molar-refractivity contribution is -0.143. The van der Waals surface area contributed by atoms with Crippen molar-refractivity contribution in [1.29, 1.82) is 0 Å². The molecule has 2 atom stereocenters. The van der Waals surface area contributed by atoms with Crippen LogP contribution in [0.5, 0.6) is 5.75 Å². The van der Waals surface area contributed by atoms with Gasteiger partial charge in [-0.2, -0.15) is 0 Å². The van der Waals surface area contributed by atoms with Gasteiger partial charge in [-0.1, -0.05) is 61.3 Å². The molecule has 31 heavy (non-hydrogen) atoms. The van der Waals surface area contributed by atoms with E-state index in [4.69, 9.17) is 27.9 Å². The lowest BCUT2D eigenvalue weighted by atomic mass is 10.1. The fraction of sp³-hybridized carbons (Fsp3) is 0.417. The summed E-state index contributed by atoms with van der Waals surface area (Å²) in [5.41, 5.74) is 1.65. The van der Waals surface area contributed by atoms with E-state index >= 15 is 0 Å². The Hall–Kier alpha value is -2.24. The Morgan fingerprint density at radius 1 is 1.10 bits per heavy atom. The second-order valence-corrected chi connectivity index (χ2v) is 8.40. The molecular formula is C24H30Cl2N2O3. The van der Waals surface area contributed by atoms with Gasteiger partial charge in [-0.3, -0.25) is 9.59 Å². The van der Waals surface area contributed by atoms with Gasteiger partial charge in [0.25, 0.3) is 5.91 Å². The van der Waals surface area contributed by atoms with E-state index in [0.29, 0.717) is 27.8 Å². The molecule has 0 bridgehead atoms. The van der Waals surface area contributed by atoms with Crippen LogP contribution in [0.15, 0.2) is 42.5 Å². The molecule has 7 heteroatoms. The smallest absolute Gasteiger partial charge is 0.261 e. The summed E-state index contributed by atoms with van der Waals surface area (Å²) in [6, 6.07) is 12.0. The molecule has 2 unspecified atom stereocenters. The number of para-hydroxylation sites is 1. The first-order valence-corrected chi connectivity index (χ1v) is 11.2. The Balaban J connectivity index is 2.27. The molecule has 0 fully saturated rings. The lowest BCUT2D eigenvalue weighted by Gasteiger charge is -2.31. The number of hydrogen-bond donors (Lipinski definition) is 1. The summed E-state index contributed by atoms with van der Waals surface area (Å²) >= 11 is 12.4. The fourth-order valence-electron chi connectivity index (χ4n) is 3.13. The number of halogens is 2. The van der Waals surface area contributed by atoms with Crippen molar-refractivity contribution in [2.45, 2.75) is 59.2 Å². The van der Waals surface area contributed by atoms with E-state index in [9.17, 15) is 9.59 Å². The molecule has 0 saturated heterocycles. The fourth-order valence-corrected chi connectivity index (χ4v) is 3.60. The maximum atomic E-state index is 13.2.